The Balaban J connectivity index is 1.71. The first kappa shape index (κ1) is 22.6. The van der Waals surface area contributed by atoms with E-state index in [1.165, 1.54) is 13.8 Å². The van der Waals surface area contributed by atoms with Crippen molar-refractivity contribution < 1.29 is 33.3 Å². The third-order valence-corrected chi connectivity index (χ3v) is 9.09. The lowest BCUT2D eigenvalue weighted by atomic mass is 9.43. The molecule has 7 atom stereocenters. The molecule has 2 saturated carbocycles. The van der Waals surface area contributed by atoms with E-state index in [2.05, 4.69) is 20.8 Å². The van der Waals surface area contributed by atoms with E-state index in [4.69, 9.17) is 18.9 Å². The number of carbonyl (C=O) groups excluding carboxylic acids is 3. The van der Waals surface area contributed by atoms with E-state index in [0.29, 0.717) is 25.4 Å². The molecule has 0 aromatic rings. The smallest absolute Gasteiger partial charge is 0.308 e. The molecule has 2 heterocycles. The summed E-state index contributed by atoms with van der Waals surface area (Å²) < 4.78 is 23.6. The number of carbonyl (C=O) groups is 3. The summed E-state index contributed by atoms with van der Waals surface area (Å²) >= 11 is 0. The average molecular weight is 437 g/mol. The van der Waals surface area contributed by atoms with Crippen LogP contribution >= 0.6 is 0 Å². The van der Waals surface area contributed by atoms with Crippen molar-refractivity contribution in [1.29, 1.82) is 0 Å². The maximum Gasteiger partial charge on any atom is 0.308 e. The predicted octanol–water partition coefficient (Wildman–Crippen LogP) is 3.57. The molecule has 7 heteroatoms. The molecular formula is C24H36O7. The maximum atomic E-state index is 11.9. The van der Waals surface area contributed by atoms with Crippen molar-refractivity contribution in [1.82, 2.24) is 0 Å². The first-order valence-corrected chi connectivity index (χ1v) is 11.6. The van der Waals surface area contributed by atoms with Crippen LogP contribution in [-0.4, -0.2) is 48.4 Å². The van der Waals surface area contributed by atoms with Gasteiger partial charge in [-0.25, -0.2) is 0 Å². The van der Waals surface area contributed by atoms with Gasteiger partial charge in [0, 0.05) is 24.7 Å². The second-order valence-corrected chi connectivity index (χ2v) is 10.9. The van der Waals surface area contributed by atoms with Crippen molar-refractivity contribution >= 4 is 17.9 Å². The SMILES string of the molecule is CC(=O)OC[C@]1(C)[C@@H](OC(C)=O)CC[C@@]2(C)[C@@H]1CC[C@@H](C)[C@]21CC[C@@]2(COC(=O)C2)O1. The molecule has 0 aromatic heterocycles. The summed E-state index contributed by atoms with van der Waals surface area (Å²) in [6.07, 6.45) is 5.22. The summed E-state index contributed by atoms with van der Waals surface area (Å²) in [5, 5.41) is 0. The molecule has 2 aliphatic heterocycles. The van der Waals surface area contributed by atoms with Crippen molar-refractivity contribution in [2.24, 2.45) is 22.7 Å². The highest BCUT2D eigenvalue weighted by Crippen LogP contribution is 2.68. The molecular weight excluding hydrogens is 400 g/mol. The van der Waals surface area contributed by atoms with Crippen LogP contribution in [0.25, 0.3) is 0 Å². The van der Waals surface area contributed by atoms with E-state index in [0.717, 1.165) is 32.1 Å². The van der Waals surface area contributed by atoms with E-state index >= 15 is 0 Å². The Morgan fingerprint density at radius 3 is 2.42 bits per heavy atom. The first-order valence-electron chi connectivity index (χ1n) is 11.6. The molecule has 0 amide bonds. The number of cyclic esters (lactones) is 1. The van der Waals surface area contributed by atoms with E-state index in [1.54, 1.807) is 0 Å². The van der Waals surface area contributed by atoms with Crippen LogP contribution in [0.2, 0.25) is 0 Å². The van der Waals surface area contributed by atoms with E-state index < -0.39 is 11.0 Å². The van der Waals surface area contributed by atoms with Gasteiger partial charge >= 0.3 is 17.9 Å². The largest absolute Gasteiger partial charge is 0.465 e. The second-order valence-electron chi connectivity index (χ2n) is 10.9. The lowest BCUT2D eigenvalue weighted by molar-refractivity contribution is -0.269. The number of rotatable bonds is 3. The third kappa shape index (κ3) is 3.38. The molecule has 0 N–H and O–H groups in total. The Hall–Kier alpha value is -1.63. The monoisotopic (exact) mass is 436 g/mol. The lowest BCUT2D eigenvalue weighted by Crippen LogP contribution is -2.67. The van der Waals surface area contributed by atoms with Crippen molar-refractivity contribution in [2.75, 3.05) is 13.2 Å². The van der Waals surface area contributed by atoms with Gasteiger partial charge in [-0.05, 0) is 50.4 Å². The van der Waals surface area contributed by atoms with Gasteiger partial charge in [0.25, 0.3) is 0 Å². The maximum absolute atomic E-state index is 11.9. The zero-order valence-electron chi connectivity index (χ0n) is 19.5. The van der Waals surface area contributed by atoms with Crippen LogP contribution in [0.15, 0.2) is 0 Å². The summed E-state index contributed by atoms with van der Waals surface area (Å²) in [6.45, 7) is 10.1. The summed E-state index contributed by atoms with van der Waals surface area (Å²) in [7, 11) is 0. The number of esters is 3. The van der Waals surface area contributed by atoms with Gasteiger partial charge in [0.2, 0.25) is 0 Å². The Morgan fingerprint density at radius 1 is 1.06 bits per heavy atom. The second kappa shape index (κ2) is 7.46. The van der Waals surface area contributed by atoms with Crippen LogP contribution in [0.4, 0.5) is 0 Å². The van der Waals surface area contributed by atoms with Gasteiger partial charge in [-0.3, -0.25) is 14.4 Å². The minimum atomic E-state index is -0.519. The predicted molar refractivity (Wildman–Crippen MR) is 111 cm³/mol. The molecule has 2 spiro atoms. The molecule has 0 radical (unpaired) electrons. The zero-order chi connectivity index (χ0) is 22.7. The molecule has 0 bridgehead atoms. The Labute approximate surface area is 184 Å². The van der Waals surface area contributed by atoms with Crippen LogP contribution < -0.4 is 0 Å². The van der Waals surface area contributed by atoms with Crippen molar-refractivity contribution in [3.8, 4) is 0 Å². The fourth-order valence-electron chi connectivity index (χ4n) is 7.55. The molecule has 2 saturated heterocycles. The van der Waals surface area contributed by atoms with Crippen LogP contribution in [0.3, 0.4) is 0 Å². The molecule has 7 nitrogen and oxygen atoms in total. The highest BCUT2D eigenvalue weighted by Gasteiger charge is 2.70. The van der Waals surface area contributed by atoms with Gasteiger partial charge in [0.15, 0.2) is 0 Å². The molecule has 4 aliphatic rings. The molecule has 4 rings (SSSR count). The first-order chi connectivity index (χ1) is 14.5. The standard InChI is InChI=1S/C24H36O7/c1-15-6-7-18-21(4,13-28-16(2)25)19(30-17(3)26)8-9-22(18,5)24(15)11-10-23(31-24)12-20(27)29-14-23/h15,18-19H,6-14H2,1-5H3/t15-,18-,19+,21+,22+,23-,24-/m1/s1. The number of hydrogen-bond donors (Lipinski definition) is 0. The van der Waals surface area contributed by atoms with E-state index in [1.807, 2.05) is 0 Å². The van der Waals surface area contributed by atoms with E-state index in [9.17, 15) is 14.4 Å². The zero-order valence-corrected chi connectivity index (χ0v) is 19.5. The van der Waals surface area contributed by atoms with Gasteiger partial charge < -0.3 is 18.9 Å². The lowest BCUT2D eigenvalue weighted by Gasteiger charge is -2.65. The summed E-state index contributed by atoms with van der Waals surface area (Å²) in [5.74, 6) is -0.319. The minimum Gasteiger partial charge on any atom is -0.465 e. The van der Waals surface area contributed by atoms with E-state index in [-0.39, 0.29) is 47.6 Å². The number of hydrogen-bond acceptors (Lipinski definition) is 7. The summed E-state index contributed by atoms with van der Waals surface area (Å²) in [6, 6.07) is 0. The highest BCUT2D eigenvalue weighted by molar-refractivity contribution is 5.73. The van der Waals surface area contributed by atoms with Crippen LogP contribution in [-0.2, 0) is 33.3 Å². The fourth-order valence-corrected chi connectivity index (χ4v) is 7.55. The minimum absolute atomic E-state index is 0.154. The van der Waals surface area contributed by atoms with Crippen LogP contribution in [0, 0.1) is 22.7 Å². The van der Waals surface area contributed by atoms with Gasteiger partial charge in [-0.1, -0.05) is 20.8 Å². The van der Waals surface area contributed by atoms with Crippen LogP contribution in [0.1, 0.15) is 79.6 Å². The molecule has 0 aromatic carbocycles. The molecule has 0 unspecified atom stereocenters. The number of ether oxygens (including phenoxy) is 4. The average Bonchev–Trinajstić information content (AvgIpc) is 3.25. The topological polar surface area (TPSA) is 88.1 Å². The van der Waals surface area contributed by atoms with Crippen molar-refractivity contribution in [3.05, 3.63) is 0 Å². The summed E-state index contributed by atoms with van der Waals surface area (Å²) in [4.78, 5) is 35.5. The Morgan fingerprint density at radius 2 is 1.81 bits per heavy atom. The van der Waals surface area contributed by atoms with Gasteiger partial charge in [-0.15, -0.1) is 0 Å². The molecule has 2 aliphatic carbocycles. The molecule has 4 fully saturated rings. The number of fused-ring (bicyclic) bond motifs is 2. The molecule has 174 valence electrons. The van der Waals surface area contributed by atoms with Crippen LogP contribution in [0.5, 0.6) is 0 Å². The Kier molecular flexibility index (Phi) is 5.43. The van der Waals surface area contributed by atoms with Gasteiger partial charge in [0.1, 0.15) is 24.9 Å². The quantitative estimate of drug-likeness (QED) is 0.494. The molecule has 31 heavy (non-hydrogen) atoms. The van der Waals surface area contributed by atoms with Gasteiger partial charge in [0.05, 0.1) is 12.0 Å². The normalized spacial score (nSPS) is 46.6. The third-order valence-electron chi connectivity index (χ3n) is 9.09. The Bertz CT molecular complexity index is 780. The van der Waals surface area contributed by atoms with Crippen molar-refractivity contribution in [2.45, 2.75) is 96.9 Å². The summed E-state index contributed by atoms with van der Waals surface area (Å²) in [5.41, 5.74) is -1.58. The fraction of sp³-hybridized carbons (Fsp3) is 0.875. The highest BCUT2D eigenvalue weighted by atomic mass is 16.6. The van der Waals surface area contributed by atoms with Crippen molar-refractivity contribution in [3.63, 3.8) is 0 Å². The van der Waals surface area contributed by atoms with Gasteiger partial charge in [-0.2, -0.15) is 0 Å².